The van der Waals surface area contributed by atoms with Crippen molar-refractivity contribution in [2.24, 2.45) is 0 Å². The molecular formula is H2AlO2P. The Bertz CT molecular complexity index is 8.00. The second kappa shape index (κ2) is 109. The zero-order chi connectivity index (χ0) is 4.00. The van der Waals surface area contributed by atoms with Gasteiger partial charge in [0.25, 0.3) is 0 Å². The van der Waals surface area contributed by atoms with Crippen molar-refractivity contribution in [2.75, 3.05) is 0 Å². The fraction of sp³-hybridized carbons (Fsp3) is 0. The summed E-state index contributed by atoms with van der Waals surface area (Å²) >= 11 is 0.611. The van der Waals surface area contributed by atoms with E-state index in [0.29, 0.717) is 16.2 Å². The molecule has 2 nitrogen and oxygen atoms in total. The van der Waals surface area contributed by atoms with Gasteiger partial charge in [0, 0.05) is 0 Å². The van der Waals surface area contributed by atoms with E-state index in [1.807, 2.05) is 0 Å². The van der Waals surface area contributed by atoms with Crippen LogP contribution in [0, 0.1) is 0 Å². The average Bonchev–Trinajstić information content (AvgIpc) is 1.50. The monoisotopic (exact) mass is 92.0 g/mol. The Hall–Kier alpha value is 0.432. The summed E-state index contributed by atoms with van der Waals surface area (Å²) in [7, 11) is 1.72. The molecular weight excluding hydrogens is 90.0 g/mol. The third-order valence-corrected chi connectivity index (χ3v) is 0. The van der Waals surface area contributed by atoms with Gasteiger partial charge in [-0.1, -0.05) is 0 Å². The van der Waals surface area contributed by atoms with E-state index in [9.17, 15) is 0 Å². The van der Waals surface area contributed by atoms with Crippen LogP contribution < -0.4 is 0 Å². The van der Waals surface area contributed by atoms with Crippen LogP contribution in [0.15, 0.2) is 0 Å². The van der Waals surface area contributed by atoms with Gasteiger partial charge < -0.3 is 0 Å². The van der Waals surface area contributed by atoms with Crippen molar-refractivity contribution < 1.29 is 8.37 Å². The Kier molecular flexibility index (Phi) is 240. The number of rotatable bonds is 0. The molecule has 0 spiro atoms. The summed E-state index contributed by atoms with van der Waals surface area (Å²) in [5.74, 6) is 0. The Morgan fingerprint density at radius 1 is 1.25 bits per heavy atom. The van der Waals surface area contributed by atoms with Crippen LogP contribution in [0.1, 0.15) is 0 Å². The molecule has 0 fully saturated rings. The zero-order valence-electron chi connectivity index (χ0n) is 2.02. The van der Waals surface area contributed by atoms with Crippen LogP contribution in [0.25, 0.3) is 0 Å². The van der Waals surface area contributed by atoms with Crippen molar-refractivity contribution in [2.45, 2.75) is 0 Å². The van der Waals surface area contributed by atoms with E-state index in [-0.39, 0.29) is 0 Å². The van der Waals surface area contributed by atoms with Gasteiger partial charge in [-0.25, -0.2) is 0 Å². The van der Waals surface area contributed by atoms with Gasteiger partial charge >= 0.3 is 20.0 Å². The van der Waals surface area contributed by atoms with E-state index in [2.05, 4.69) is 0 Å². The quantitative estimate of drug-likeness (QED) is 0.304. The summed E-state index contributed by atoms with van der Waals surface area (Å²) in [6.07, 6.45) is 0. The summed E-state index contributed by atoms with van der Waals surface area (Å²) < 4.78 is 16.3. The van der Waals surface area contributed by atoms with Crippen LogP contribution in [0.3, 0.4) is 0 Å². The van der Waals surface area contributed by atoms with Crippen molar-refractivity contribution in [1.82, 2.24) is 0 Å². The minimum absolute atomic E-state index is 0.611. The molecule has 0 unspecified atom stereocenters. The number of hydrogen-bond acceptors (Lipinski definition) is 2. The summed E-state index contributed by atoms with van der Waals surface area (Å²) in [5.41, 5.74) is 0. The first kappa shape index (κ1) is 8.83. The molecule has 0 aromatic heterocycles. The summed E-state index contributed by atoms with van der Waals surface area (Å²) in [6.45, 7) is 0. The van der Waals surface area contributed by atoms with E-state index >= 15 is 0 Å². The molecule has 4 heteroatoms. The standard InChI is InChI=1S/Al.HOP.O.H/c;1-2;;/h;2H;;. The molecule has 0 atom stereocenters. The van der Waals surface area contributed by atoms with Gasteiger partial charge in [0.05, 0.1) is 0 Å². The molecule has 0 aromatic rings. The molecule has 0 bridgehead atoms. The molecule has 22 valence electrons. The fourth-order valence-corrected chi connectivity index (χ4v) is 0. The normalized spacial score (nSPS) is 1.75. The topological polar surface area (TPSA) is 34.1 Å². The third-order valence-electron chi connectivity index (χ3n) is 0. The Balaban J connectivity index is 0. The maximum atomic E-state index is 8.28. The van der Waals surface area contributed by atoms with Gasteiger partial charge in [0.2, 0.25) is 0 Å². The molecule has 0 heterocycles. The van der Waals surface area contributed by atoms with Crippen LogP contribution in [0.5, 0.6) is 0 Å². The van der Waals surface area contributed by atoms with Crippen molar-refractivity contribution in [3.05, 3.63) is 0 Å². The predicted molar refractivity (Wildman–Crippen MR) is 16.8 cm³/mol. The van der Waals surface area contributed by atoms with Gasteiger partial charge in [-0.05, 0) is 0 Å². The van der Waals surface area contributed by atoms with E-state index in [1.165, 1.54) is 0 Å². The Morgan fingerprint density at radius 2 is 1.25 bits per heavy atom. The van der Waals surface area contributed by atoms with Crippen LogP contribution in [0.4, 0.5) is 0 Å². The molecule has 0 amide bonds. The van der Waals surface area contributed by atoms with Gasteiger partial charge in [0.15, 0.2) is 0 Å². The zero-order valence-corrected chi connectivity index (χ0v) is 4.44. The summed E-state index contributed by atoms with van der Waals surface area (Å²) in [6, 6.07) is 0. The van der Waals surface area contributed by atoms with E-state index in [4.69, 9.17) is 8.37 Å². The van der Waals surface area contributed by atoms with E-state index in [0.717, 1.165) is 0 Å². The Morgan fingerprint density at radius 3 is 1.25 bits per heavy atom. The fourth-order valence-electron chi connectivity index (χ4n) is 0. The molecule has 4 heavy (non-hydrogen) atoms. The average molecular weight is 92.0 g/mol. The molecule has 0 N–H and O–H groups in total. The van der Waals surface area contributed by atoms with Crippen molar-refractivity contribution in [1.29, 1.82) is 0 Å². The number of hydrogen-bond donors (Lipinski definition) is 0. The second-order valence-corrected chi connectivity index (χ2v) is 0. The summed E-state index contributed by atoms with van der Waals surface area (Å²) in [5, 5.41) is 0. The molecule has 0 aliphatic rings. The minimum atomic E-state index is 0.611. The molecule has 0 aromatic carbocycles. The van der Waals surface area contributed by atoms with Crippen LogP contribution in [-0.4, -0.2) is 16.2 Å². The third kappa shape index (κ3) is 26.7. The first-order valence-electron chi connectivity index (χ1n) is 0.493. The molecule has 0 radical (unpaired) electrons. The van der Waals surface area contributed by atoms with Gasteiger partial charge in [-0.3, -0.25) is 4.57 Å². The van der Waals surface area contributed by atoms with Gasteiger partial charge in [0.1, 0.15) is 9.12 Å². The molecule has 0 saturated carbocycles. The van der Waals surface area contributed by atoms with Crippen molar-refractivity contribution in [3.8, 4) is 0 Å². The van der Waals surface area contributed by atoms with Gasteiger partial charge in [-0.15, -0.1) is 0 Å². The molecule has 0 aliphatic heterocycles. The van der Waals surface area contributed by atoms with E-state index < -0.39 is 0 Å². The molecule has 0 aliphatic carbocycles. The Labute approximate surface area is 34.5 Å². The molecule has 0 rings (SSSR count). The van der Waals surface area contributed by atoms with E-state index in [1.54, 1.807) is 9.12 Å². The van der Waals surface area contributed by atoms with Crippen LogP contribution in [0.2, 0.25) is 0 Å². The summed E-state index contributed by atoms with van der Waals surface area (Å²) in [4.78, 5) is 0. The second-order valence-electron chi connectivity index (χ2n) is 0. The maximum absolute atomic E-state index is 8.28. The van der Waals surface area contributed by atoms with Crippen molar-refractivity contribution >= 4 is 25.3 Å². The van der Waals surface area contributed by atoms with Crippen LogP contribution >= 0.6 is 9.12 Å². The van der Waals surface area contributed by atoms with Crippen molar-refractivity contribution in [3.63, 3.8) is 0 Å². The predicted octanol–water partition coefficient (Wildman–Crippen LogP) is -0.293. The molecule has 0 saturated heterocycles. The van der Waals surface area contributed by atoms with Gasteiger partial charge in [-0.2, -0.15) is 0 Å². The first-order chi connectivity index (χ1) is 2.00. The SMILES string of the molecule is O=P.[O]=[AlH]. The first-order valence-corrected chi connectivity index (χ1v) is 1.48. The van der Waals surface area contributed by atoms with Crippen LogP contribution in [-0.2, 0) is 8.37 Å².